The van der Waals surface area contributed by atoms with Crippen molar-refractivity contribution in [2.24, 2.45) is 0 Å². The van der Waals surface area contributed by atoms with Crippen LogP contribution in [0.5, 0.6) is 0 Å². The maximum absolute atomic E-state index is 12.5. The van der Waals surface area contributed by atoms with Gasteiger partial charge in [0.2, 0.25) is 0 Å². The number of rotatable bonds is 21. The van der Waals surface area contributed by atoms with E-state index in [1.54, 1.807) is 70.8 Å². The predicted octanol–water partition coefficient (Wildman–Crippen LogP) is 22.5. The Hall–Kier alpha value is -11.2. The average Bonchev–Trinajstić information content (AvgIpc) is 1.63. The van der Waals surface area contributed by atoms with Gasteiger partial charge < -0.3 is 42.9 Å². The third kappa shape index (κ3) is 15.3. The number of aryl methyl sites for hydroxylation is 3. The number of aromatic nitrogens is 6. The summed E-state index contributed by atoms with van der Waals surface area (Å²) in [6, 6.07) is 96.5. The molecule has 522 valence electrons. The topological polar surface area (TPSA) is 132 Å². The summed E-state index contributed by atoms with van der Waals surface area (Å²) < 4.78 is 27.2. The first kappa shape index (κ1) is 70.4. The van der Waals surface area contributed by atoms with Gasteiger partial charge in [0.1, 0.15) is 0 Å². The number of thiophene rings is 3. The number of para-hydroxylation sites is 6. The normalized spacial score (nSPS) is 11.3. The zero-order valence-corrected chi connectivity index (χ0v) is 62.5. The van der Waals surface area contributed by atoms with E-state index in [0.29, 0.717) is 36.5 Å². The van der Waals surface area contributed by atoms with Crippen molar-refractivity contribution in [3.8, 4) is 31.7 Å². The van der Waals surface area contributed by atoms with Crippen molar-refractivity contribution in [1.29, 1.82) is 0 Å². The molecular formula is C90H69IrN6O6S3. The number of esters is 3. The molecule has 0 bridgehead atoms. The van der Waals surface area contributed by atoms with Gasteiger partial charge in [-0.05, 0) is 104 Å². The van der Waals surface area contributed by atoms with E-state index in [2.05, 4.69) is 211 Å². The van der Waals surface area contributed by atoms with E-state index in [-0.39, 0.29) is 38.0 Å². The Bertz CT molecular complexity index is 5280. The summed E-state index contributed by atoms with van der Waals surface area (Å²) in [7, 11) is 0. The van der Waals surface area contributed by atoms with E-state index in [9.17, 15) is 14.4 Å². The zero-order chi connectivity index (χ0) is 70.8. The number of fused-ring (bicyclic) bond motifs is 12. The number of nitrogens with zero attached hydrogens (tertiary/aromatic N) is 6. The molecule has 12 nitrogen and oxygen atoms in total. The second-order valence-corrected chi connectivity index (χ2v) is 28.7. The second kappa shape index (κ2) is 32.8. The molecule has 106 heavy (non-hydrogen) atoms. The fraction of sp³-hybridized carbons (Fsp3) is 0.133. The molecular weight excluding hydrogens is 1550 g/mol. The molecule has 18 aromatic rings. The SMILES string of the molecule is O=C(OCCCCn1c2ccccc2c2ccccc21)c1ccc(-c2[c-]c3ccccc3s2)nc1.O=C(OCCCCn1c2ccccc2c2ccccc21)c1ccc(-c2[c-]c3ccccc3s2)nc1.O=C(OCCCCn1c2ccccc2c2ccccc21)c1ccc(-c2[c-]c3ccccc3s2)nc1.[Ir+3]. The molecule has 18 rings (SSSR count). The maximum Gasteiger partial charge on any atom is 3.00 e. The van der Waals surface area contributed by atoms with Gasteiger partial charge in [0, 0.05) is 121 Å². The Morgan fingerprint density at radius 3 is 0.764 bits per heavy atom. The van der Waals surface area contributed by atoms with Gasteiger partial charge in [-0.15, -0.1) is 70.8 Å². The molecule has 9 aromatic heterocycles. The van der Waals surface area contributed by atoms with Crippen LogP contribution in [0, 0.1) is 18.2 Å². The number of carbonyl (C=O) groups excluding carboxylic acids is 3. The number of ether oxygens (including phenoxy) is 3. The minimum absolute atomic E-state index is 0. The first-order valence-corrected chi connectivity index (χ1v) is 37.8. The van der Waals surface area contributed by atoms with Crippen molar-refractivity contribution >= 4 is 148 Å². The van der Waals surface area contributed by atoms with Crippen LogP contribution in [-0.2, 0) is 54.0 Å². The van der Waals surface area contributed by atoms with Gasteiger partial charge in [0.25, 0.3) is 0 Å². The van der Waals surface area contributed by atoms with Crippen molar-refractivity contribution in [2.45, 2.75) is 58.2 Å². The Balaban J connectivity index is 0.000000127. The van der Waals surface area contributed by atoms with Crippen LogP contribution >= 0.6 is 34.0 Å². The smallest absolute Gasteiger partial charge is 0.462 e. The summed E-state index contributed by atoms with van der Waals surface area (Å²) in [5.74, 6) is -0.997. The minimum atomic E-state index is -0.332. The molecule has 0 spiro atoms. The Labute approximate surface area is 638 Å². The summed E-state index contributed by atoms with van der Waals surface area (Å²) in [5.41, 5.74) is 11.3. The number of pyridine rings is 3. The molecule has 0 N–H and O–H groups in total. The fourth-order valence-electron chi connectivity index (χ4n) is 13.6. The largest absolute Gasteiger partial charge is 3.00 e. The van der Waals surface area contributed by atoms with Crippen LogP contribution in [0.25, 0.3) is 127 Å². The van der Waals surface area contributed by atoms with Crippen LogP contribution in [-0.4, -0.2) is 66.4 Å². The molecule has 9 aromatic carbocycles. The molecule has 0 saturated carbocycles. The molecule has 0 aliphatic carbocycles. The number of benzene rings is 9. The summed E-state index contributed by atoms with van der Waals surface area (Å²) in [6.45, 7) is 3.82. The van der Waals surface area contributed by atoms with Crippen molar-refractivity contribution in [3.05, 3.63) is 308 Å². The monoisotopic (exact) mass is 1620 g/mol. The molecule has 0 saturated heterocycles. The van der Waals surface area contributed by atoms with Crippen molar-refractivity contribution in [2.75, 3.05) is 19.8 Å². The van der Waals surface area contributed by atoms with Gasteiger partial charge in [-0.3, -0.25) is 0 Å². The maximum atomic E-state index is 12.5. The quantitative estimate of drug-likeness (QED) is 0.0298. The van der Waals surface area contributed by atoms with Crippen LogP contribution in [0.1, 0.15) is 69.6 Å². The van der Waals surface area contributed by atoms with Crippen LogP contribution in [0.2, 0.25) is 0 Å². The Morgan fingerprint density at radius 1 is 0.292 bits per heavy atom. The summed E-state index contributed by atoms with van der Waals surface area (Å²) >= 11 is 4.94. The number of carbonyl (C=O) groups is 3. The second-order valence-electron chi connectivity index (χ2n) is 25.5. The standard InChI is InChI=1S/3C30H23N2O2S.Ir/c3*33-30(22-15-16-25(31-20-22)29-19-21-9-1-6-14-28(21)35-29)34-18-8-7-17-32-26-12-4-2-10-23(26)24-11-3-5-13-27(24)32;/h3*1-6,9-16,20H,7-8,17-18H2;/q3*-1;+3. The first-order valence-electron chi connectivity index (χ1n) is 35.3. The van der Waals surface area contributed by atoms with E-state index >= 15 is 0 Å². The van der Waals surface area contributed by atoms with Crippen molar-refractivity contribution in [3.63, 3.8) is 0 Å². The summed E-state index contributed by atoms with van der Waals surface area (Å²) in [5, 5.41) is 10.9. The molecule has 0 aliphatic rings. The van der Waals surface area contributed by atoms with Gasteiger partial charge in [0.15, 0.2) is 0 Å². The van der Waals surface area contributed by atoms with E-state index in [1.807, 2.05) is 72.8 Å². The van der Waals surface area contributed by atoms with Crippen LogP contribution in [0.15, 0.2) is 273 Å². The van der Waals surface area contributed by atoms with Gasteiger partial charge >= 0.3 is 38.0 Å². The van der Waals surface area contributed by atoms with Crippen LogP contribution in [0.4, 0.5) is 0 Å². The number of hydrogen-bond acceptors (Lipinski definition) is 12. The summed E-state index contributed by atoms with van der Waals surface area (Å²) in [4.78, 5) is 53.8. The molecule has 0 aliphatic heterocycles. The van der Waals surface area contributed by atoms with Crippen LogP contribution < -0.4 is 0 Å². The molecule has 9 heterocycles. The van der Waals surface area contributed by atoms with Gasteiger partial charge in [0.05, 0.1) is 36.5 Å². The minimum Gasteiger partial charge on any atom is -0.462 e. The third-order valence-corrected chi connectivity index (χ3v) is 22.1. The molecule has 0 atom stereocenters. The van der Waals surface area contributed by atoms with Crippen LogP contribution in [0.3, 0.4) is 0 Å². The van der Waals surface area contributed by atoms with E-state index in [0.717, 1.165) is 106 Å². The average molecular weight is 1620 g/mol. The van der Waals surface area contributed by atoms with Crippen molar-refractivity contribution in [1.82, 2.24) is 28.7 Å². The molecule has 0 unspecified atom stereocenters. The number of unbranched alkanes of at least 4 members (excludes halogenated alkanes) is 3. The molecule has 0 fully saturated rings. The van der Waals surface area contributed by atoms with Gasteiger partial charge in [-0.25, -0.2) is 48.4 Å². The summed E-state index contributed by atoms with van der Waals surface area (Å²) in [6.07, 6.45) is 9.95. The fourth-order valence-corrected chi connectivity index (χ4v) is 16.6. The Morgan fingerprint density at radius 2 is 0.528 bits per heavy atom. The Kier molecular flexibility index (Phi) is 21.8. The first-order chi connectivity index (χ1) is 51.8. The van der Waals surface area contributed by atoms with Gasteiger partial charge in [-0.1, -0.05) is 182 Å². The van der Waals surface area contributed by atoms with E-state index in [1.165, 1.54) is 79.5 Å². The predicted molar refractivity (Wildman–Crippen MR) is 429 cm³/mol. The van der Waals surface area contributed by atoms with E-state index < -0.39 is 0 Å². The van der Waals surface area contributed by atoms with Crippen molar-refractivity contribution < 1.29 is 48.7 Å². The molecule has 16 heteroatoms. The zero-order valence-electron chi connectivity index (χ0n) is 57.7. The molecule has 0 radical (unpaired) electrons. The third-order valence-electron chi connectivity index (χ3n) is 18.8. The van der Waals surface area contributed by atoms with Gasteiger partial charge in [-0.2, -0.15) is 0 Å². The number of hydrogen-bond donors (Lipinski definition) is 0. The molecule has 0 amide bonds. The van der Waals surface area contributed by atoms with E-state index in [4.69, 9.17) is 14.2 Å².